The van der Waals surface area contributed by atoms with E-state index in [1.165, 1.54) is 11.3 Å². The van der Waals surface area contributed by atoms with Crippen molar-refractivity contribution in [3.63, 3.8) is 0 Å². The molecule has 0 fully saturated rings. The van der Waals surface area contributed by atoms with E-state index in [2.05, 4.69) is 15.5 Å². The van der Waals surface area contributed by atoms with Crippen LogP contribution >= 0.6 is 11.3 Å². The summed E-state index contributed by atoms with van der Waals surface area (Å²) in [5, 5.41) is 12.6. The number of hydrogen-bond acceptors (Lipinski definition) is 5. The summed E-state index contributed by atoms with van der Waals surface area (Å²) in [5.41, 5.74) is 1.57. The molecule has 0 radical (unpaired) electrons. The molecular formula is C12H16N4OS. The molecule has 2 rings (SSSR count). The van der Waals surface area contributed by atoms with Crippen LogP contribution in [0.15, 0.2) is 16.9 Å². The van der Waals surface area contributed by atoms with Crippen molar-refractivity contribution in [2.24, 2.45) is 0 Å². The van der Waals surface area contributed by atoms with E-state index in [9.17, 15) is 4.79 Å². The quantitative estimate of drug-likeness (QED) is 0.919. The molecule has 18 heavy (non-hydrogen) atoms. The molecule has 96 valence electrons. The molecule has 0 bridgehead atoms. The van der Waals surface area contributed by atoms with Crippen LogP contribution in [0.4, 0.5) is 5.13 Å². The smallest absolute Gasteiger partial charge is 0.261 e. The number of nitrogens with zero attached hydrogens (tertiary/aromatic N) is 3. The zero-order valence-corrected chi connectivity index (χ0v) is 11.5. The second-order valence-electron chi connectivity index (χ2n) is 3.88. The molecule has 0 aliphatic heterocycles. The molecule has 0 atom stereocenters. The molecule has 0 amide bonds. The van der Waals surface area contributed by atoms with Crippen LogP contribution in [0.5, 0.6) is 0 Å². The number of hydrogen-bond donors (Lipinski definition) is 1. The standard InChI is InChI=1S/C12H16N4OS/c1-4-13-12-15-14-10(18-12)9-7-6-8(3)16(5-2)11(9)17/h6-7H,4-5H2,1-3H3,(H,13,15). The summed E-state index contributed by atoms with van der Waals surface area (Å²) in [4.78, 5) is 12.3. The van der Waals surface area contributed by atoms with E-state index < -0.39 is 0 Å². The Bertz CT molecular complexity index is 602. The van der Waals surface area contributed by atoms with Gasteiger partial charge in [-0.25, -0.2) is 0 Å². The van der Waals surface area contributed by atoms with Gasteiger partial charge in [-0.15, -0.1) is 10.2 Å². The lowest BCUT2D eigenvalue weighted by molar-refractivity contribution is 0.702. The van der Waals surface area contributed by atoms with Crippen molar-refractivity contribution < 1.29 is 0 Å². The van der Waals surface area contributed by atoms with Crippen molar-refractivity contribution in [1.29, 1.82) is 0 Å². The Kier molecular flexibility index (Phi) is 3.76. The van der Waals surface area contributed by atoms with Crippen LogP contribution in [-0.2, 0) is 6.54 Å². The highest BCUT2D eigenvalue weighted by molar-refractivity contribution is 7.18. The molecule has 0 aliphatic carbocycles. The predicted octanol–water partition coefficient (Wildman–Crippen LogP) is 2.13. The maximum atomic E-state index is 12.3. The van der Waals surface area contributed by atoms with Crippen LogP contribution in [0.1, 0.15) is 19.5 Å². The third-order valence-electron chi connectivity index (χ3n) is 2.69. The van der Waals surface area contributed by atoms with E-state index in [0.717, 1.165) is 17.4 Å². The Morgan fingerprint density at radius 3 is 2.78 bits per heavy atom. The fourth-order valence-corrected chi connectivity index (χ4v) is 2.61. The first-order chi connectivity index (χ1) is 8.67. The van der Waals surface area contributed by atoms with Crippen molar-refractivity contribution in [1.82, 2.24) is 14.8 Å². The van der Waals surface area contributed by atoms with Gasteiger partial charge in [0, 0.05) is 18.8 Å². The molecule has 0 spiro atoms. The number of rotatable bonds is 4. The van der Waals surface area contributed by atoms with Crippen molar-refractivity contribution in [3.05, 3.63) is 28.2 Å². The molecule has 2 aromatic heterocycles. The number of anilines is 1. The topological polar surface area (TPSA) is 59.8 Å². The van der Waals surface area contributed by atoms with Crippen LogP contribution in [0.25, 0.3) is 10.6 Å². The molecule has 2 aromatic rings. The van der Waals surface area contributed by atoms with Gasteiger partial charge < -0.3 is 9.88 Å². The Hall–Kier alpha value is -1.69. The lowest BCUT2D eigenvalue weighted by Crippen LogP contribution is -2.22. The average molecular weight is 264 g/mol. The minimum Gasteiger partial charge on any atom is -0.360 e. The van der Waals surface area contributed by atoms with Crippen LogP contribution < -0.4 is 10.9 Å². The van der Waals surface area contributed by atoms with Crippen LogP contribution in [0, 0.1) is 6.92 Å². The fraction of sp³-hybridized carbons (Fsp3) is 0.417. The monoisotopic (exact) mass is 264 g/mol. The van der Waals surface area contributed by atoms with Crippen LogP contribution in [-0.4, -0.2) is 21.3 Å². The Morgan fingerprint density at radius 2 is 2.11 bits per heavy atom. The summed E-state index contributed by atoms with van der Waals surface area (Å²) in [7, 11) is 0. The summed E-state index contributed by atoms with van der Waals surface area (Å²) in [5.74, 6) is 0. The fourth-order valence-electron chi connectivity index (χ4n) is 1.78. The molecule has 0 aliphatic rings. The van der Waals surface area contributed by atoms with Gasteiger partial charge in [-0.2, -0.15) is 0 Å². The third kappa shape index (κ3) is 2.28. The van der Waals surface area contributed by atoms with E-state index >= 15 is 0 Å². The van der Waals surface area contributed by atoms with Gasteiger partial charge in [0.2, 0.25) is 5.13 Å². The molecule has 0 unspecified atom stereocenters. The summed E-state index contributed by atoms with van der Waals surface area (Å²) in [6.07, 6.45) is 0. The minimum absolute atomic E-state index is 0.00306. The van der Waals surface area contributed by atoms with Gasteiger partial charge in [0.1, 0.15) is 0 Å². The number of pyridine rings is 1. The highest BCUT2D eigenvalue weighted by atomic mass is 32.1. The van der Waals surface area contributed by atoms with Crippen LogP contribution in [0.3, 0.4) is 0 Å². The van der Waals surface area contributed by atoms with Crippen LogP contribution in [0.2, 0.25) is 0 Å². The van der Waals surface area contributed by atoms with E-state index in [1.807, 2.05) is 32.9 Å². The highest BCUT2D eigenvalue weighted by Gasteiger charge is 2.12. The molecule has 5 nitrogen and oxygen atoms in total. The van der Waals surface area contributed by atoms with E-state index in [-0.39, 0.29) is 5.56 Å². The molecular weight excluding hydrogens is 248 g/mol. The SMILES string of the molecule is CCNc1nnc(-c2ccc(C)n(CC)c2=O)s1. The molecule has 1 N–H and O–H groups in total. The molecule has 2 heterocycles. The summed E-state index contributed by atoms with van der Waals surface area (Å²) < 4.78 is 1.74. The number of aryl methyl sites for hydroxylation is 1. The maximum absolute atomic E-state index is 12.3. The van der Waals surface area contributed by atoms with Gasteiger partial charge >= 0.3 is 0 Å². The lowest BCUT2D eigenvalue weighted by Gasteiger charge is -2.07. The first kappa shape index (κ1) is 12.8. The second kappa shape index (κ2) is 5.30. The first-order valence-corrected chi connectivity index (χ1v) is 6.77. The highest BCUT2D eigenvalue weighted by Crippen LogP contribution is 2.23. The maximum Gasteiger partial charge on any atom is 0.261 e. The molecule has 0 saturated heterocycles. The zero-order chi connectivity index (χ0) is 13.1. The van der Waals surface area contributed by atoms with Crippen molar-refractivity contribution in [2.75, 3.05) is 11.9 Å². The van der Waals surface area contributed by atoms with Crippen molar-refractivity contribution in [3.8, 4) is 10.6 Å². The Labute approximate surface area is 110 Å². The third-order valence-corrected chi connectivity index (χ3v) is 3.61. The number of nitrogens with one attached hydrogen (secondary N) is 1. The van der Waals surface area contributed by atoms with Crippen molar-refractivity contribution in [2.45, 2.75) is 27.3 Å². The van der Waals surface area contributed by atoms with Gasteiger partial charge in [0.15, 0.2) is 5.01 Å². The Balaban J connectivity index is 2.47. The van der Waals surface area contributed by atoms with Gasteiger partial charge in [-0.1, -0.05) is 11.3 Å². The second-order valence-corrected chi connectivity index (χ2v) is 4.86. The van der Waals surface area contributed by atoms with Gasteiger partial charge in [0.05, 0.1) is 5.56 Å². The Morgan fingerprint density at radius 1 is 1.33 bits per heavy atom. The molecule has 6 heteroatoms. The normalized spacial score (nSPS) is 10.6. The van der Waals surface area contributed by atoms with E-state index in [4.69, 9.17) is 0 Å². The van der Waals surface area contributed by atoms with Crippen molar-refractivity contribution >= 4 is 16.5 Å². The largest absolute Gasteiger partial charge is 0.360 e. The molecule has 0 saturated carbocycles. The molecule has 0 aromatic carbocycles. The zero-order valence-electron chi connectivity index (χ0n) is 10.7. The summed E-state index contributed by atoms with van der Waals surface area (Å²) >= 11 is 1.40. The summed E-state index contributed by atoms with van der Waals surface area (Å²) in [6.45, 7) is 7.34. The van der Waals surface area contributed by atoms with Gasteiger partial charge in [-0.05, 0) is 32.9 Å². The lowest BCUT2D eigenvalue weighted by atomic mass is 10.2. The minimum atomic E-state index is -0.00306. The predicted molar refractivity (Wildman–Crippen MR) is 74.2 cm³/mol. The van der Waals surface area contributed by atoms with E-state index in [1.54, 1.807) is 4.57 Å². The number of aromatic nitrogens is 3. The first-order valence-electron chi connectivity index (χ1n) is 5.95. The van der Waals surface area contributed by atoms with Gasteiger partial charge in [0.25, 0.3) is 5.56 Å². The summed E-state index contributed by atoms with van der Waals surface area (Å²) in [6, 6.07) is 3.76. The average Bonchev–Trinajstić information content (AvgIpc) is 2.79. The van der Waals surface area contributed by atoms with E-state index in [0.29, 0.717) is 17.1 Å². The van der Waals surface area contributed by atoms with Gasteiger partial charge in [-0.3, -0.25) is 4.79 Å².